The molecule has 0 bridgehead atoms. The van der Waals surface area contributed by atoms with Crippen molar-refractivity contribution in [2.45, 2.75) is 38.3 Å². The van der Waals surface area contributed by atoms with Crippen LogP contribution in [0.5, 0.6) is 0 Å². The number of halogens is 3. The van der Waals surface area contributed by atoms with Gasteiger partial charge in [-0.1, -0.05) is 23.7 Å². The van der Waals surface area contributed by atoms with E-state index in [1.54, 1.807) is 13.0 Å². The molecule has 32 heavy (non-hydrogen) atoms. The third kappa shape index (κ3) is 6.04. The fourth-order valence-corrected chi connectivity index (χ4v) is 4.49. The Morgan fingerprint density at radius 2 is 2.06 bits per heavy atom. The summed E-state index contributed by atoms with van der Waals surface area (Å²) in [5, 5.41) is 3.78. The Kier molecular flexibility index (Phi) is 7.51. The van der Waals surface area contributed by atoms with Crippen molar-refractivity contribution in [3.8, 4) is 0 Å². The fourth-order valence-electron chi connectivity index (χ4n) is 3.67. The minimum absolute atomic E-state index is 0.168. The standard InChI is InChI=1S/C22H24ClF2N3O3S/c1-14(8-10-32(2,30)31)27-22(29)21-19(25)12-16(13-26-21)28-9-4-3-5-20(28)17-7-6-15(24)11-18(17)23/h6-8,10-14,20H,3-5,9H2,1-2H3,(H,27,29)/b10-8+/t14-,20?/m1/s1. The molecular formula is C22H24ClF2N3O3S. The Bertz CT molecular complexity index is 1140. The van der Waals surface area contributed by atoms with E-state index in [9.17, 15) is 22.0 Å². The van der Waals surface area contributed by atoms with Crippen LogP contribution in [0.3, 0.4) is 0 Å². The number of carbonyl (C=O) groups excluding carboxylic acids is 1. The Morgan fingerprint density at radius 1 is 1.31 bits per heavy atom. The van der Waals surface area contributed by atoms with Gasteiger partial charge in [-0.05, 0) is 43.9 Å². The lowest BCUT2D eigenvalue weighted by Gasteiger charge is -2.38. The number of pyridine rings is 1. The Labute approximate surface area is 191 Å². The molecule has 1 aromatic heterocycles. The van der Waals surface area contributed by atoms with E-state index in [2.05, 4.69) is 10.3 Å². The molecule has 0 saturated carbocycles. The van der Waals surface area contributed by atoms with E-state index in [0.29, 0.717) is 17.3 Å². The van der Waals surface area contributed by atoms with Crippen LogP contribution in [-0.4, -0.2) is 38.2 Å². The number of aromatic nitrogens is 1. The van der Waals surface area contributed by atoms with E-state index >= 15 is 0 Å². The normalized spacial score (nSPS) is 18.0. The Hall–Kier alpha value is -2.52. The zero-order valence-corrected chi connectivity index (χ0v) is 19.3. The second-order valence-corrected chi connectivity index (χ2v) is 10.2. The molecule has 1 fully saturated rings. The average molecular weight is 484 g/mol. The molecular weight excluding hydrogens is 460 g/mol. The van der Waals surface area contributed by atoms with Crippen molar-refractivity contribution in [2.75, 3.05) is 17.7 Å². The molecule has 0 aliphatic carbocycles. The molecule has 1 aliphatic heterocycles. The minimum Gasteiger partial charge on any atom is -0.363 e. The first-order valence-electron chi connectivity index (χ1n) is 10.1. The van der Waals surface area contributed by atoms with Gasteiger partial charge >= 0.3 is 0 Å². The molecule has 1 saturated heterocycles. The monoisotopic (exact) mass is 483 g/mol. The molecule has 6 nitrogen and oxygen atoms in total. The summed E-state index contributed by atoms with van der Waals surface area (Å²) >= 11 is 6.26. The molecule has 1 unspecified atom stereocenters. The Morgan fingerprint density at radius 3 is 2.72 bits per heavy atom. The van der Waals surface area contributed by atoms with Crippen LogP contribution in [0.4, 0.5) is 14.5 Å². The van der Waals surface area contributed by atoms with Crippen LogP contribution in [-0.2, 0) is 9.84 Å². The molecule has 3 rings (SSSR count). The predicted octanol–water partition coefficient (Wildman–Crippen LogP) is 4.42. The van der Waals surface area contributed by atoms with Gasteiger partial charge in [0.1, 0.15) is 5.82 Å². The van der Waals surface area contributed by atoms with Crippen molar-refractivity contribution in [1.82, 2.24) is 10.3 Å². The van der Waals surface area contributed by atoms with E-state index in [1.807, 2.05) is 4.90 Å². The first kappa shape index (κ1) is 24.1. The summed E-state index contributed by atoms with van der Waals surface area (Å²) in [5.74, 6) is -1.98. The van der Waals surface area contributed by atoms with Gasteiger partial charge in [-0.2, -0.15) is 0 Å². The van der Waals surface area contributed by atoms with Gasteiger partial charge in [0.25, 0.3) is 5.91 Å². The number of benzene rings is 1. The number of hydrogen-bond acceptors (Lipinski definition) is 5. The van der Waals surface area contributed by atoms with Crippen LogP contribution in [0.2, 0.25) is 5.02 Å². The molecule has 0 spiro atoms. The van der Waals surface area contributed by atoms with Gasteiger partial charge in [-0.3, -0.25) is 4.79 Å². The van der Waals surface area contributed by atoms with Crippen LogP contribution in [0.25, 0.3) is 0 Å². The third-order valence-electron chi connectivity index (χ3n) is 5.17. The molecule has 2 atom stereocenters. The summed E-state index contributed by atoms with van der Waals surface area (Å²) < 4.78 is 50.7. The SMILES string of the molecule is C[C@H](/C=C/S(C)(=O)=O)NC(=O)c1ncc(N2CCCCC2c2ccc(F)cc2Cl)cc1F. The number of amides is 1. The molecule has 2 aromatic rings. The number of hydrogen-bond donors (Lipinski definition) is 1. The first-order chi connectivity index (χ1) is 15.0. The zero-order chi connectivity index (χ0) is 23.5. The van der Waals surface area contributed by atoms with Crippen LogP contribution in [0.1, 0.15) is 48.3 Å². The third-order valence-corrected chi connectivity index (χ3v) is 6.15. The van der Waals surface area contributed by atoms with Crippen LogP contribution in [0, 0.1) is 11.6 Å². The highest BCUT2D eigenvalue weighted by molar-refractivity contribution is 7.93. The first-order valence-corrected chi connectivity index (χ1v) is 12.4. The zero-order valence-electron chi connectivity index (χ0n) is 17.7. The van der Waals surface area contributed by atoms with Gasteiger partial charge in [0.15, 0.2) is 21.3 Å². The number of nitrogens with zero attached hydrogens (tertiary/aromatic N) is 2. The highest BCUT2D eigenvalue weighted by Crippen LogP contribution is 2.38. The van der Waals surface area contributed by atoms with Crippen molar-refractivity contribution >= 4 is 33.0 Å². The lowest BCUT2D eigenvalue weighted by molar-refractivity contribution is 0.0937. The quantitative estimate of drug-likeness (QED) is 0.658. The number of sulfone groups is 1. The van der Waals surface area contributed by atoms with E-state index < -0.39 is 33.4 Å². The van der Waals surface area contributed by atoms with Crippen molar-refractivity contribution in [3.63, 3.8) is 0 Å². The molecule has 172 valence electrons. The van der Waals surface area contributed by atoms with Crippen LogP contribution in [0.15, 0.2) is 41.9 Å². The van der Waals surface area contributed by atoms with Crippen LogP contribution < -0.4 is 10.2 Å². The van der Waals surface area contributed by atoms with Crippen molar-refractivity contribution < 1.29 is 22.0 Å². The van der Waals surface area contributed by atoms with Gasteiger partial charge in [0.2, 0.25) is 0 Å². The van der Waals surface area contributed by atoms with Crippen molar-refractivity contribution in [1.29, 1.82) is 0 Å². The average Bonchev–Trinajstić information content (AvgIpc) is 2.72. The maximum atomic E-state index is 14.8. The number of rotatable bonds is 6. The van der Waals surface area contributed by atoms with Gasteiger partial charge in [-0.15, -0.1) is 0 Å². The van der Waals surface area contributed by atoms with Crippen LogP contribution >= 0.6 is 11.6 Å². The lowest BCUT2D eigenvalue weighted by Crippen LogP contribution is -2.35. The largest absolute Gasteiger partial charge is 0.363 e. The number of anilines is 1. The van der Waals surface area contributed by atoms with Gasteiger partial charge in [0.05, 0.1) is 17.9 Å². The maximum Gasteiger partial charge on any atom is 0.273 e. The highest BCUT2D eigenvalue weighted by atomic mass is 35.5. The molecule has 10 heteroatoms. The van der Waals surface area contributed by atoms with E-state index in [0.717, 1.165) is 36.5 Å². The molecule has 0 radical (unpaired) electrons. The van der Waals surface area contributed by atoms with Crippen molar-refractivity contribution in [2.24, 2.45) is 0 Å². The summed E-state index contributed by atoms with van der Waals surface area (Å²) in [4.78, 5) is 18.4. The minimum atomic E-state index is -3.34. The maximum absolute atomic E-state index is 14.8. The smallest absolute Gasteiger partial charge is 0.273 e. The number of piperidine rings is 1. The Balaban J connectivity index is 1.81. The summed E-state index contributed by atoms with van der Waals surface area (Å²) in [6, 6.07) is 4.69. The van der Waals surface area contributed by atoms with Gasteiger partial charge < -0.3 is 10.2 Å². The number of nitrogens with one attached hydrogen (secondary N) is 1. The molecule has 1 aromatic carbocycles. The summed E-state index contributed by atoms with van der Waals surface area (Å²) in [7, 11) is -3.34. The fraction of sp³-hybridized carbons (Fsp3) is 0.364. The second kappa shape index (κ2) is 9.95. The van der Waals surface area contributed by atoms with E-state index in [-0.39, 0.29) is 11.7 Å². The van der Waals surface area contributed by atoms with Gasteiger partial charge in [-0.25, -0.2) is 22.2 Å². The second-order valence-electron chi connectivity index (χ2n) is 7.81. The van der Waals surface area contributed by atoms with E-state index in [4.69, 9.17) is 11.6 Å². The van der Waals surface area contributed by atoms with Gasteiger partial charge in [0, 0.05) is 35.3 Å². The lowest BCUT2D eigenvalue weighted by atomic mass is 9.94. The van der Waals surface area contributed by atoms with Crippen molar-refractivity contribution in [3.05, 3.63) is 69.9 Å². The summed E-state index contributed by atoms with van der Waals surface area (Å²) in [6.45, 7) is 2.20. The summed E-state index contributed by atoms with van der Waals surface area (Å²) in [5.41, 5.74) is 0.859. The topological polar surface area (TPSA) is 79.4 Å². The highest BCUT2D eigenvalue weighted by Gasteiger charge is 2.27. The molecule has 2 heterocycles. The summed E-state index contributed by atoms with van der Waals surface area (Å²) in [6.07, 6.45) is 6.35. The molecule has 1 amide bonds. The number of carbonyl (C=O) groups is 1. The predicted molar refractivity (Wildman–Crippen MR) is 120 cm³/mol. The van der Waals surface area contributed by atoms with E-state index in [1.165, 1.54) is 30.5 Å². The molecule has 1 aliphatic rings. The molecule has 1 N–H and O–H groups in total.